The summed E-state index contributed by atoms with van der Waals surface area (Å²) in [6.07, 6.45) is 0. The summed E-state index contributed by atoms with van der Waals surface area (Å²) in [5.74, 6) is 0.165. The lowest BCUT2D eigenvalue weighted by atomic mass is 10.3. The zero-order chi connectivity index (χ0) is 12.8. The minimum Gasteiger partial charge on any atom is -0.444 e. The van der Waals surface area contributed by atoms with Crippen LogP contribution >= 0.6 is 15.9 Å². The highest BCUT2D eigenvalue weighted by molar-refractivity contribution is 9.10. The SMILES string of the molecule is CCN(CC)CC(C)NC(=O)c1ccc(Br)o1. The molecule has 17 heavy (non-hydrogen) atoms. The Morgan fingerprint density at radius 2 is 2.12 bits per heavy atom. The van der Waals surface area contributed by atoms with Crippen LogP contribution in [0, 0.1) is 0 Å². The number of hydrogen-bond acceptors (Lipinski definition) is 3. The van der Waals surface area contributed by atoms with Crippen LogP contribution in [0.5, 0.6) is 0 Å². The number of furan rings is 1. The number of rotatable bonds is 6. The van der Waals surface area contributed by atoms with E-state index in [0.717, 1.165) is 19.6 Å². The Kier molecular flexibility index (Phi) is 5.71. The first-order valence-corrected chi connectivity index (χ1v) is 6.64. The quantitative estimate of drug-likeness (QED) is 0.878. The topological polar surface area (TPSA) is 45.5 Å². The number of carbonyl (C=O) groups excluding carboxylic acids is 1. The Morgan fingerprint density at radius 1 is 1.47 bits per heavy atom. The first kappa shape index (κ1) is 14.3. The molecular formula is C12H19BrN2O2. The lowest BCUT2D eigenvalue weighted by Gasteiger charge is -2.23. The maximum Gasteiger partial charge on any atom is 0.287 e. The van der Waals surface area contributed by atoms with Crippen LogP contribution in [-0.2, 0) is 0 Å². The van der Waals surface area contributed by atoms with Gasteiger partial charge in [0.25, 0.3) is 5.91 Å². The number of amides is 1. The highest BCUT2D eigenvalue weighted by Gasteiger charge is 2.14. The van der Waals surface area contributed by atoms with Gasteiger partial charge in [0.2, 0.25) is 0 Å². The molecule has 0 aliphatic heterocycles. The third-order valence-corrected chi connectivity index (χ3v) is 3.03. The number of nitrogens with zero attached hydrogens (tertiary/aromatic N) is 1. The molecule has 0 aromatic carbocycles. The second kappa shape index (κ2) is 6.81. The molecule has 5 heteroatoms. The molecule has 1 rings (SSSR count). The van der Waals surface area contributed by atoms with E-state index in [1.54, 1.807) is 12.1 Å². The van der Waals surface area contributed by atoms with Gasteiger partial charge in [-0.2, -0.15) is 0 Å². The summed E-state index contributed by atoms with van der Waals surface area (Å²) in [5.41, 5.74) is 0. The molecule has 0 spiro atoms. The molecule has 1 unspecified atom stereocenters. The van der Waals surface area contributed by atoms with Crippen LogP contribution in [0.2, 0.25) is 0 Å². The Bertz CT molecular complexity index is 361. The average Bonchev–Trinajstić information content (AvgIpc) is 2.72. The van der Waals surface area contributed by atoms with E-state index >= 15 is 0 Å². The molecule has 0 saturated carbocycles. The predicted molar refractivity (Wildman–Crippen MR) is 71.1 cm³/mol. The number of carbonyl (C=O) groups is 1. The van der Waals surface area contributed by atoms with Gasteiger partial charge in [-0.1, -0.05) is 13.8 Å². The molecule has 1 N–H and O–H groups in total. The summed E-state index contributed by atoms with van der Waals surface area (Å²) in [7, 11) is 0. The molecule has 0 radical (unpaired) electrons. The van der Waals surface area contributed by atoms with Crippen molar-refractivity contribution in [2.45, 2.75) is 26.8 Å². The van der Waals surface area contributed by atoms with Gasteiger partial charge in [0.1, 0.15) is 0 Å². The number of likely N-dealkylation sites (N-methyl/N-ethyl adjacent to an activating group) is 1. The van der Waals surface area contributed by atoms with Crippen LogP contribution in [-0.4, -0.2) is 36.5 Å². The van der Waals surface area contributed by atoms with E-state index in [0.29, 0.717) is 10.4 Å². The van der Waals surface area contributed by atoms with Gasteiger partial charge < -0.3 is 14.6 Å². The van der Waals surface area contributed by atoms with Crippen LogP contribution in [0.1, 0.15) is 31.3 Å². The molecule has 0 fully saturated rings. The minimum absolute atomic E-state index is 0.103. The fourth-order valence-corrected chi connectivity index (χ4v) is 1.95. The molecule has 1 amide bonds. The molecule has 0 saturated heterocycles. The molecule has 0 bridgehead atoms. The van der Waals surface area contributed by atoms with Gasteiger partial charge in [-0.05, 0) is 48.1 Å². The molecule has 4 nitrogen and oxygen atoms in total. The summed E-state index contributed by atoms with van der Waals surface area (Å²) in [5, 5.41) is 2.91. The van der Waals surface area contributed by atoms with Crippen molar-refractivity contribution in [3.8, 4) is 0 Å². The second-order valence-electron chi connectivity index (χ2n) is 3.96. The Morgan fingerprint density at radius 3 is 2.59 bits per heavy atom. The lowest BCUT2D eigenvalue weighted by Crippen LogP contribution is -2.41. The summed E-state index contributed by atoms with van der Waals surface area (Å²) in [6.45, 7) is 9.05. The molecule has 1 atom stereocenters. The van der Waals surface area contributed by atoms with E-state index in [1.807, 2.05) is 6.92 Å². The summed E-state index contributed by atoms with van der Waals surface area (Å²) in [4.78, 5) is 14.0. The maximum atomic E-state index is 11.8. The van der Waals surface area contributed by atoms with Crippen molar-refractivity contribution in [2.75, 3.05) is 19.6 Å². The van der Waals surface area contributed by atoms with Gasteiger partial charge in [-0.25, -0.2) is 0 Å². The number of hydrogen-bond donors (Lipinski definition) is 1. The van der Waals surface area contributed by atoms with Crippen molar-refractivity contribution in [3.05, 3.63) is 22.6 Å². The van der Waals surface area contributed by atoms with E-state index in [9.17, 15) is 4.79 Å². The van der Waals surface area contributed by atoms with E-state index in [4.69, 9.17) is 4.42 Å². The zero-order valence-electron chi connectivity index (χ0n) is 10.5. The van der Waals surface area contributed by atoms with Gasteiger partial charge in [0, 0.05) is 12.6 Å². The Balaban J connectivity index is 2.45. The second-order valence-corrected chi connectivity index (χ2v) is 4.75. The van der Waals surface area contributed by atoms with Crippen molar-refractivity contribution in [3.63, 3.8) is 0 Å². The average molecular weight is 303 g/mol. The fraction of sp³-hybridized carbons (Fsp3) is 0.583. The highest BCUT2D eigenvalue weighted by atomic mass is 79.9. The molecular weight excluding hydrogens is 284 g/mol. The van der Waals surface area contributed by atoms with Crippen molar-refractivity contribution in [1.29, 1.82) is 0 Å². The van der Waals surface area contributed by atoms with Crippen LogP contribution in [0.25, 0.3) is 0 Å². The predicted octanol–water partition coefficient (Wildman–Crippen LogP) is 2.50. The van der Waals surface area contributed by atoms with Crippen LogP contribution in [0.3, 0.4) is 0 Å². The minimum atomic E-state index is -0.171. The van der Waals surface area contributed by atoms with Crippen LogP contribution in [0.4, 0.5) is 0 Å². The van der Waals surface area contributed by atoms with Gasteiger partial charge in [0.05, 0.1) is 0 Å². The van der Waals surface area contributed by atoms with Gasteiger partial charge >= 0.3 is 0 Å². The third-order valence-electron chi connectivity index (χ3n) is 2.60. The van der Waals surface area contributed by atoms with E-state index in [-0.39, 0.29) is 11.9 Å². The summed E-state index contributed by atoms with van der Waals surface area (Å²) in [6, 6.07) is 3.47. The van der Waals surface area contributed by atoms with E-state index in [2.05, 4.69) is 40.0 Å². The molecule has 1 heterocycles. The Hall–Kier alpha value is -0.810. The number of nitrogens with one attached hydrogen (secondary N) is 1. The summed E-state index contributed by atoms with van der Waals surface area (Å²) < 4.78 is 5.76. The van der Waals surface area contributed by atoms with Gasteiger partial charge in [0.15, 0.2) is 10.4 Å². The first-order chi connectivity index (χ1) is 8.06. The zero-order valence-corrected chi connectivity index (χ0v) is 12.1. The van der Waals surface area contributed by atoms with Crippen molar-refractivity contribution < 1.29 is 9.21 Å². The monoisotopic (exact) mass is 302 g/mol. The normalized spacial score (nSPS) is 12.8. The molecule has 0 aliphatic carbocycles. The van der Waals surface area contributed by atoms with Crippen LogP contribution in [0.15, 0.2) is 21.2 Å². The van der Waals surface area contributed by atoms with Crippen molar-refractivity contribution in [1.82, 2.24) is 10.2 Å². The maximum absolute atomic E-state index is 11.8. The highest BCUT2D eigenvalue weighted by Crippen LogP contribution is 2.13. The molecule has 1 aromatic heterocycles. The standard InChI is InChI=1S/C12H19BrN2O2/c1-4-15(5-2)8-9(3)14-12(16)10-6-7-11(13)17-10/h6-7,9H,4-5,8H2,1-3H3,(H,14,16). The fourth-order valence-electron chi connectivity index (χ4n) is 1.65. The first-order valence-electron chi connectivity index (χ1n) is 5.85. The van der Waals surface area contributed by atoms with Crippen molar-refractivity contribution in [2.24, 2.45) is 0 Å². The van der Waals surface area contributed by atoms with Gasteiger partial charge in [-0.15, -0.1) is 0 Å². The third kappa shape index (κ3) is 4.52. The summed E-state index contributed by atoms with van der Waals surface area (Å²) >= 11 is 3.17. The van der Waals surface area contributed by atoms with Gasteiger partial charge in [-0.3, -0.25) is 4.79 Å². The largest absolute Gasteiger partial charge is 0.444 e. The number of halogens is 1. The van der Waals surface area contributed by atoms with E-state index < -0.39 is 0 Å². The van der Waals surface area contributed by atoms with Crippen molar-refractivity contribution >= 4 is 21.8 Å². The lowest BCUT2D eigenvalue weighted by molar-refractivity contribution is 0.0901. The van der Waals surface area contributed by atoms with Crippen LogP contribution < -0.4 is 5.32 Å². The van der Waals surface area contributed by atoms with E-state index in [1.165, 1.54) is 0 Å². The molecule has 1 aromatic rings. The molecule has 96 valence electrons. The Labute approximate surface area is 110 Å². The molecule has 0 aliphatic rings. The smallest absolute Gasteiger partial charge is 0.287 e.